The number of hydrogen-bond acceptors (Lipinski definition) is 8. The lowest BCUT2D eigenvalue weighted by atomic mass is 10.1. The van der Waals surface area contributed by atoms with Crippen molar-refractivity contribution in [2.45, 2.75) is 25.8 Å². The summed E-state index contributed by atoms with van der Waals surface area (Å²) in [5.74, 6) is 0.0691. The molecule has 2 aliphatic rings. The van der Waals surface area contributed by atoms with Crippen molar-refractivity contribution in [3.8, 4) is 6.07 Å². The van der Waals surface area contributed by atoms with Crippen LogP contribution in [-0.2, 0) is 4.79 Å². The number of carbonyl (C=O) groups is 1. The normalized spacial score (nSPS) is 19.2. The zero-order valence-electron chi connectivity index (χ0n) is 18.5. The summed E-state index contributed by atoms with van der Waals surface area (Å²) in [5, 5.41) is 15.7. The Hall–Kier alpha value is -3.71. The Kier molecular flexibility index (Phi) is 5.56. The number of oxazole rings is 1. The largest absolute Gasteiger partial charge is 0.423 e. The van der Waals surface area contributed by atoms with E-state index in [-0.39, 0.29) is 24.1 Å². The maximum atomic E-state index is 13.0. The summed E-state index contributed by atoms with van der Waals surface area (Å²) >= 11 is 0. The fourth-order valence-corrected chi connectivity index (χ4v) is 4.61. The van der Waals surface area contributed by atoms with E-state index in [0.717, 1.165) is 36.0 Å². The van der Waals surface area contributed by atoms with Crippen molar-refractivity contribution >= 4 is 23.0 Å². The molecular formula is C23H25N7O3. The van der Waals surface area contributed by atoms with Gasteiger partial charge in [-0.2, -0.15) is 15.3 Å². The Labute approximate surface area is 190 Å². The number of amides is 1. The number of aromatic amines is 1. The van der Waals surface area contributed by atoms with Gasteiger partial charge in [-0.25, -0.2) is 5.10 Å². The predicted octanol–water partition coefficient (Wildman–Crippen LogP) is 1.58. The van der Waals surface area contributed by atoms with Crippen LogP contribution in [0.4, 0.5) is 6.01 Å². The van der Waals surface area contributed by atoms with E-state index in [1.807, 2.05) is 36.1 Å². The van der Waals surface area contributed by atoms with E-state index in [4.69, 9.17) is 9.68 Å². The average molecular weight is 447 g/mol. The average Bonchev–Trinajstić information content (AvgIpc) is 3.46. The molecule has 3 aromatic rings. The molecule has 10 nitrogen and oxygen atoms in total. The molecule has 2 aromatic heterocycles. The minimum Gasteiger partial charge on any atom is -0.423 e. The van der Waals surface area contributed by atoms with E-state index in [9.17, 15) is 9.59 Å². The second-order valence-corrected chi connectivity index (χ2v) is 8.61. The van der Waals surface area contributed by atoms with E-state index in [1.54, 1.807) is 0 Å². The number of fused-ring (bicyclic) bond motifs is 1. The summed E-state index contributed by atoms with van der Waals surface area (Å²) in [6, 6.07) is 9.89. The molecule has 0 saturated carbocycles. The number of anilines is 1. The second kappa shape index (κ2) is 8.67. The smallest absolute Gasteiger partial charge is 0.298 e. The second-order valence-electron chi connectivity index (χ2n) is 8.61. The molecule has 0 aliphatic carbocycles. The van der Waals surface area contributed by atoms with Crippen LogP contribution in [-0.4, -0.2) is 70.2 Å². The fraction of sp³-hybridized carbons (Fsp3) is 0.435. The topological polar surface area (TPSA) is 122 Å². The molecule has 4 heterocycles. The Balaban J connectivity index is 1.21. The van der Waals surface area contributed by atoms with Crippen molar-refractivity contribution in [2.24, 2.45) is 0 Å². The van der Waals surface area contributed by atoms with Crippen LogP contribution >= 0.6 is 0 Å². The molecule has 1 N–H and O–H groups in total. The van der Waals surface area contributed by atoms with Crippen LogP contribution in [0.3, 0.4) is 0 Å². The Morgan fingerprint density at radius 2 is 2.06 bits per heavy atom. The lowest BCUT2D eigenvalue weighted by Crippen LogP contribution is -2.51. The third kappa shape index (κ3) is 4.19. The van der Waals surface area contributed by atoms with Crippen LogP contribution in [0.2, 0.25) is 0 Å². The molecule has 2 saturated heterocycles. The maximum absolute atomic E-state index is 13.0. The highest BCUT2D eigenvalue weighted by atomic mass is 16.4. The van der Waals surface area contributed by atoms with Crippen molar-refractivity contribution in [1.29, 1.82) is 5.26 Å². The molecule has 2 fully saturated rings. The molecule has 170 valence electrons. The molecule has 5 rings (SSSR count). The van der Waals surface area contributed by atoms with Gasteiger partial charge >= 0.3 is 0 Å². The number of nitriles is 1. The third-order valence-corrected chi connectivity index (χ3v) is 6.42. The van der Waals surface area contributed by atoms with Gasteiger partial charge in [0.1, 0.15) is 17.1 Å². The molecule has 1 atom stereocenters. The quantitative estimate of drug-likeness (QED) is 0.640. The SMILES string of the molecule is Cc1ccc2oc(N3CCN(C(=O)CN4CCCC4c4cc(C#N)c(=O)[nH]n4)CC3)nc2c1. The number of H-pyrrole nitrogens is 1. The monoisotopic (exact) mass is 447 g/mol. The maximum Gasteiger partial charge on any atom is 0.298 e. The van der Waals surface area contributed by atoms with Gasteiger partial charge in [-0.1, -0.05) is 6.07 Å². The van der Waals surface area contributed by atoms with Gasteiger partial charge in [0.2, 0.25) is 5.91 Å². The van der Waals surface area contributed by atoms with Crippen LogP contribution < -0.4 is 10.5 Å². The highest BCUT2D eigenvalue weighted by molar-refractivity contribution is 5.79. The van der Waals surface area contributed by atoms with Crippen LogP contribution in [0, 0.1) is 18.3 Å². The van der Waals surface area contributed by atoms with Gasteiger partial charge in [0.25, 0.3) is 11.6 Å². The Morgan fingerprint density at radius 1 is 1.24 bits per heavy atom. The van der Waals surface area contributed by atoms with Crippen molar-refractivity contribution in [2.75, 3.05) is 44.2 Å². The van der Waals surface area contributed by atoms with E-state index >= 15 is 0 Å². The van der Waals surface area contributed by atoms with Crippen LogP contribution in [0.25, 0.3) is 11.1 Å². The summed E-state index contributed by atoms with van der Waals surface area (Å²) in [7, 11) is 0. The molecular weight excluding hydrogens is 422 g/mol. The number of benzene rings is 1. The zero-order valence-corrected chi connectivity index (χ0v) is 18.5. The van der Waals surface area contributed by atoms with E-state index in [1.165, 1.54) is 6.07 Å². The van der Waals surface area contributed by atoms with Gasteiger partial charge in [0.15, 0.2) is 5.58 Å². The van der Waals surface area contributed by atoms with E-state index in [2.05, 4.69) is 25.0 Å². The molecule has 0 radical (unpaired) electrons. The van der Waals surface area contributed by atoms with Gasteiger partial charge in [0.05, 0.1) is 18.3 Å². The summed E-state index contributed by atoms with van der Waals surface area (Å²) in [5.41, 5.74) is 2.94. The van der Waals surface area contributed by atoms with Crippen molar-refractivity contribution in [3.05, 3.63) is 51.4 Å². The van der Waals surface area contributed by atoms with Gasteiger partial charge in [-0.15, -0.1) is 0 Å². The first-order valence-corrected chi connectivity index (χ1v) is 11.2. The fourth-order valence-electron chi connectivity index (χ4n) is 4.61. The highest BCUT2D eigenvalue weighted by Gasteiger charge is 2.32. The third-order valence-electron chi connectivity index (χ3n) is 6.42. The van der Waals surface area contributed by atoms with Crippen molar-refractivity contribution < 1.29 is 9.21 Å². The molecule has 0 spiro atoms. The van der Waals surface area contributed by atoms with Crippen LogP contribution in [0.15, 0.2) is 33.5 Å². The standard InChI is InChI=1S/C23H25N7O3/c1-15-4-5-20-18(11-15)25-23(33-20)29-9-7-28(8-10-29)21(31)14-30-6-2-3-19(30)17-12-16(13-24)22(32)27-26-17/h4-5,11-12,19H,2-3,6-10,14H2,1H3,(H,27,32). The number of carbonyl (C=O) groups excluding carboxylic acids is 1. The first-order valence-electron chi connectivity index (χ1n) is 11.2. The highest BCUT2D eigenvalue weighted by Crippen LogP contribution is 2.30. The number of piperazine rings is 1. The first kappa shape index (κ1) is 21.2. The minimum absolute atomic E-state index is 0.0451. The predicted molar refractivity (Wildman–Crippen MR) is 121 cm³/mol. The van der Waals surface area contributed by atoms with E-state index < -0.39 is 5.56 Å². The van der Waals surface area contributed by atoms with Crippen molar-refractivity contribution in [3.63, 3.8) is 0 Å². The molecule has 10 heteroatoms. The lowest BCUT2D eigenvalue weighted by molar-refractivity contribution is -0.133. The van der Waals surface area contributed by atoms with Gasteiger partial charge < -0.3 is 14.2 Å². The molecule has 0 bridgehead atoms. The first-order chi connectivity index (χ1) is 16.0. The Bertz CT molecular complexity index is 1280. The zero-order chi connectivity index (χ0) is 22.9. The summed E-state index contributed by atoms with van der Waals surface area (Å²) in [6.07, 6.45) is 1.77. The molecule has 1 amide bonds. The van der Waals surface area contributed by atoms with Crippen molar-refractivity contribution in [1.82, 2.24) is 25.0 Å². The number of rotatable bonds is 4. The Morgan fingerprint density at radius 3 is 2.85 bits per heavy atom. The number of hydrogen-bond donors (Lipinski definition) is 1. The molecule has 1 unspecified atom stereocenters. The number of aromatic nitrogens is 3. The van der Waals surface area contributed by atoms with Gasteiger partial charge in [0, 0.05) is 26.2 Å². The minimum atomic E-state index is -0.492. The number of likely N-dealkylation sites (tertiary alicyclic amines) is 1. The van der Waals surface area contributed by atoms with E-state index in [0.29, 0.717) is 37.9 Å². The molecule has 33 heavy (non-hydrogen) atoms. The number of nitrogens with zero attached hydrogens (tertiary/aromatic N) is 6. The van der Waals surface area contributed by atoms with Gasteiger partial charge in [-0.05, 0) is 50.1 Å². The summed E-state index contributed by atoms with van der Waals surface area (Å²) in [4.78, 5) is 35.3. The summed E-state index contributed by atoms with van der Waals surface area (Å²) in [6.45, 7) is 5.62. The number of nitrogens with one attached hydrogen (secondary N) is 1. The molecule has 1 aromatic carbocycles. The number of aryl methyl sites for hydroxylation is 1. The van der Waals surface area contributed by atoms with Crippen LogP contribution in [0.5, 0.6) is 0 Å². The molecule has 2 aliphatic heterocycles. The summed E-state index contributed by atoms with van der Waals surface area (Å²) < 4.78 is 5.90. The van der Waals surface area contributed by atoms with Gasteiger partial charge in [-0.3, -0.25) is 14.5 Å². The lowest BCUT2D eigenvalue weighted by Gasteiger charge is -2.35. The van der Waals surface area contributed by atoms with Crippen LogP contribution in [0.1, 0.15) is 35.7 Å².